The number of hydrogen-bond acceptors (Lipinski definition) is 3. The van der Waals surface area contributed by atoms with Gasteiger partial charge in [0.25, 0.3) is 0 Å². The second-order valence-corrected chi connectivity index (χ2v) is 5.04. The summed E-state index contributed by atoms with van der Waals surface area (Å²) < 4.78 is 5.80. The molecule has 2 aromatic carbocycles. The topological polar surface area (TPSA) is 49.7 Å². The summed E-state index contributed by atoms with van der Waals surface area (Å²) in [5.74, 6) is 1.62. The number of aliphatic hydroxyl groups is 2. The molecular weight excluding hydrogens is 264 g/mol. The quantitative estimate of drug-likeness (QED) is 0.782. The summed E-state index contributed by atoms with van der Waals surface area (Å²) >= 11 is 0. The average molecular weight is 286 g/mol. The Bertz CT molecular complexity index is 468. The maximum absolute atomic E-state index is 8.81. The molecule has 0 bridgehead atoms. The normalized spacial score (nSPS) is 10.6. The molecule has 0 aliphatic heterocycles. The first kappa shape index (κ1) is 15.5. The molecule has 3 nitrogen and oxygen atoms in total. The molecule has 21 heavy (non-hydrogen) atoms. The highest BCUT2D eigenvalue weighted by molar-refractivity contribution is 5.34. The SMILES string of the molecule is OCCCc1ccc(Oc2ccc(CCCO)cc2)cc1. The Morgan fingerprint density at radius 2 is 1.00 bits per heavy atom. The summed E-state index contributed by atoms with van der Waals surface area (Å²) in [6.07, 6.45) is 3.34. The van der Waals surface area contributed by atoms with Crippen molar-refractivity contribution in [3.05, 3.63) is 59.7 Å². The van der Waals surface area contributed by atoms with Crippen LogP contribution in [-0.4, -0.2) is 23.4 Å². The molecule has 112 valence electrons. The van der Waals surface area contributed by atoms with E-state index >= 15 is 0 Å². The van der Waals surface area contributed by atoms with Crippen LogP contribution in [0.3, 0.4) is 0 Å². The first-order valence-corrected chi connectivity index (χ1v) is 7.39. The predicted molar refractivity (Wildman–Crippen MR) is 83.8 cm³/mol. The lowest BCUT2D eigenvalue weighted by Crippen LogP contribution is -1.91. The van der Waals surface area contributed by atoms with Crippen LogP contribution in [0, 0.1) is 0 Å². The minimum Gasteiger partial charge on any atom is -0.457 e. The number of rotatable bonds is 8. The predicted octanol–water partition coefficient (Wildman–Crippen LogP) is 3.33. The molecule has 2 rings (SSSR count). The van der Waals surface area contributed by atoms with Crippen molar-refractivity contribution in [1.29, 1.82) is 0 Å². The van der Waals surface area contributed by atoms with Gasteiger partial charge in [-0.2, -0.15) is 0 Å². The highest BCUT2D eigenvalue weighted by Crippen LogP contribution is 2.22. The second kappa shape index (κ2) is 8.45. The zero-order chi connectivity index (χ0) is 14.9. The van der Waals surface area contributed by atoms with E-state index in [9.17, 15) is 0 Å². The summed E-state index contributed by atoms with van der Waals surface area (Å²) in [7, 11) is 0. The largest absolute Gasteiger partial charge is 0.457 e. The number of ether oxygens (including phenoxy) is 1. The fourth-order valence-corrected chi connectivity index (χ4v) is 2.15. The first-order chi connectivity index (χ1) is 10.3. The van der Waals surface area contributed by atoms with Crippen LogP contribution in [0.5, 0.6) is 11.5 Å². The lowest BCUT2D eigenvalue weighted by atomic mass is 10.1. The van der Waals surface area contributed by atoms with Gasteiger partial charge in [0.15, 0.2) is 0 Å². The van der Waals surface area contributed by atoms with Gasteiger partial charge in [0, 0.05) is 13.2 Å². The summed E-state index contributed by atoms with van der Waals surface area (Å²) in [5.41, 5.74) is 2.41. The van der Waals surface area contributed by atoms with Gasteiger partial charge in [-0.25, -0.2) is 0 Å². The third-order valence-corrected chi connectivity index (χ3v) is 3.33. The number of benzene rings is 2. The molecule has 0 saturated carbocycles. The molecule has 0 amide bonds. The zero-order valence-corrected chi connectivity index (χ0v) is 12.2. The molecule has 0 aliphatic rings. The van der Waals surface area contributed by atoms with E-state index in [1.807, 2.05) is 48.5 Å². The van der Waals surface area contributed by atoms with Crippen molar-refractivity contribution in [2.24, 2.45) is 0 Å². The summed E-state index contributed by atoms with van der Waals surface area (Å²) in [4.78, 5) is 0. The van der Waals surface area contributed by atoms with E-state index in [4.69, 9.17) is 14.9 Å². The van der Waals surface area contributed by atoms with Gasteiger partial charge in [-0.15, -0.1) is 0 Å². The van der Waals surface area contributed by atoms with Crippen molar-refractivity contribution in [1.82, 2.24) is 0 Å². The standard InChI is InChI=1S/C18H22O3/c19-13-1-3-15-5-9-17(10-6-15)21-18-11-7-16(8-12-18)4-2-14-20/h5-12,19-20H,1-4,13-14H2. The summed E-state index contributed by atoms with van der Waals surface area (Å²) in [6.45, 7) is 0.446. The fourth-order valence-electron chi connectivity index (χ4n) is 2.15. The van der Waals surface area contributed by atoms with Gasteiger partial charge >= 0.3 is 0 Å². The maximum atomic E-state index is 8.81. The van der Waals surface area contributed by atoms with E-state index in [0.717, 1.165) is 37.2 Å². The Morgan fingerprint density at radius 3 is 1.33 bits per heavy atom. The molecule has 0 unspecified atom stereocenters. The molecular formula is C18H22O3. The fraction of sp³-hybridized carbons (Fsp3) is 0.333. The van der Waals surface area contributed by atoms with Gasteiger partial charge in [-0.05, 0) is 61.1 Å². The van der Waals surface area contributed by atoms with Gasteiger partial charge in [0.2, 0.25) is 0 Å². The van der Waals surface area contributed by atoms with E-state index in [1.165, 1.54) is 11.1 Å². The van der Waals surface area contributed by atoms with Gasteiger partial charge in [-0.1, -0.05) is 24.3 Å². The Hall–Kier alpha value is -1.84. The van der Waals surface area contributed by atoms with Crippen LogP contribution in [0.2, 0.25) is 0 Å². The van der Waals surface area contributed by atoms with Gasteiger partial charge in [-0.3, -0.25) is 0 Å². The Kier molecular flexibility index (Phi) is 6.25. The van der Waals surface area contributed by atoms with E-state index in [1.54, 1.807) is 0 Å². The van der Waals surface area contributed by atoms with Crippen LogP contribution in [0.4, 0.5) is 0 Å². The number of aliphatic hydroxyl groups excluding tert-OH is 2. The Balaban J connectivity index is 1.91. The Morgan fingerprint density at radius 1 is 0.619 bits per heavy atom. The molecule has 2 N–H and O–H groups in total. The summed E-state index contributed by atoms with van der Waals surface area (Å²) in [5, 5.41) is 17.6. The molecule has 0 spiro atoms. The molecule has 2 aromatic rings. The molecule has 0 fully saturated rings. The van der Waals surface area contributed by atoms with E-state index in [-0.39, 0.29) is 13.2 Å². The van der Waals surface area contributed by atoms with Crippen LogP contribution >= 0.6 is 0 Å². The smallest absolute Gasteiger partial charge is 0.127 e. The van der Waals surface area contributed by atoms with Gasteiger partial charge < -0.3 is 14.9 Å². The minimum absolute atomic E-state index is 0.223. The molecule has 0 radical (unpaired) electrons. The van der Waals surface area contributed by atoms with Crippen molar-refractivity contribution in [3.8, 4) is 11.5 Å². The highest BCUT2D eigenvalue weighted by atomic mass is 16.5. The molecule has 0 saturated heterocycles. The highest BCUT2D eigenvalue weighted by Gasteiger charge is 1.99. The lowest BCUT2D eigenvalue weighted by Gasteiger charge is -2.08. The number of aryl methyl sites for hydroxylation is 2. The van der Waals surface area contributed by atoms with Crippen LogP contribution in [0.1, 0.15) is 24.0 Å². The van der Waals surface area contributed by atoms with Crippen molar-refractivity contribution in [2.45, 2.75) is 25.7 Å². The Labute approximate surface area is 125 Å². The van der Waals surface area contributed by atoms with Crippen LogP contribution in [0.15, 0.2) is 48.5 Å². The second-order valence-electron chi connectivity index (χ2n) is 5.04. The molecule has 3 heteroatoms. The average Bonchev–Trinajstić information content (AvgIpc) is 2.53. The number of hydrogen-bond donors (Lipinski definition) is 2. The van der Waals surface area contributed by atoms with Crippen molar-refractivity contribution in [3.63, 3.8) is 0 Å². The lowest BCUT2D eigenvalue weighted by molar-refractivity contribution is 0.288. The maximum Gasteiger partial charge on any atom is 0.127 e. The van der Waals surface area contributed by atoms with Crippen molar-refractivity contribution in [2.75, 3.05) is 13.2 Å². The monoisotopic (exact) mass is 286 g/mol. The van der Waals surface area contributed by atoms with Gasteiger partial charge in [0.1, 0.15) is 11.5 Å². The zero-order valence-electron chi connectivity index (χ0n) is 12.2. The van der Waals surface area contributed by atoms with Crippen LogP contribution < -0.4 is 4.74 Å². The summed E-state index contributed by atoms with van der Waals surface area (Å²) in [6, 6.07) is 15.9. The van der Waals surface area contributed by atoms with E-state index in [0.29, 0.717) is 0 Å². The molecule has 0 atom stereocenters. The van der Waals surface area contributed by atoms with Crippen molar-refractivity contribution < 1.29 is 14.9 Å². The molecule has 0 aliphatic carbocycles. The van der Waals surface area contributed by atoms with Crippen molar-refractivity contribution >= 4 is 0 Å². The van der Waals surface area contributed by atoms with Crippen LogP contribution in [-0.2, 0) is 12.8 Å². The first-order valence-electron chi connectivity index (χ1n) is 7.39. The van der Waals surface area contributed by atoms with Gasteiger partial charge in [0.05, 0.1) is 0 Å². The van der Waals surface area contributed by atoms with E-state index in [2.05, 4.69) is 0 Å². The molecule has 0 heterocycles. The third-order valence-electron chi connectivity index (χ3n) is 3.33. The molecule has 0 aromatic heterocycles. The minimum atomic E-state index is 0.223. The third kappa shape index (κ3) is 5.21. The van der Waals surface area contributed by atoms with E-state index < -0.39 is 0 Å². The van der Waals surface area contributed by atoms with Crippen LogP contribution in [0.25, 0.3) is 0 Å².